The summed E-state index contributed by atoms with van der Waals surface area (Å²) in [5.41, 5.74) is 2.39. The van der Waals surface area contributed by atoms with Gasteiger partial charge in [0.2, 0.25) is 11.8 Å². The van der Waals surface area contributed by atoms with E-state index in [2.05, 4.69) is 10.6 Å². The monoisotopic (exact) mass is 605 g/mol. The fourth-order valence-electron chi connectivity index (χ4n) is 5.14. The highest BCUT2D eigenvalue weighted by atomic mass is 16.5. The molecular formula is C35H31N3O7. The number of para-hydroxylation sites is 2. The second-order valence-electron chi connectivity index (χ2n) is 10.6. The number of carboxylic acid groups (broad SMARTS) is 1. The smallest absolute Gasteiger partial charge is 0.323 e. The molecule has 0 fully saturated rings. The number of aliphatic carboxylic acids is 1. The van der Waals surface area contributed by atoms with Crippen molar-refractivity contribution in [1.29, 1.82) is 0 Å². The highest BCUT2D eigenvalue weighted by molar-refractivity contribution is 6.09. The Morgan fingerprint density at radius 1 is 0.844 bits per heavy atom. The summed E-state index contributed by atoms with van der Waals surface area (Å²) in [5.74, 6) is -2.94. The van der Waals surface area contributed by atoms with Gasteiger partial charge in [0.05, 0.1) is 12.1 Å². The Morgan fingerprint density at radius 3 is 2.20 bits per heavy atom. The number of nitrogens with zero attached hydrogens (tertiary/aromatic N) is 1. The van der Waals surface area contributed by atoms with E-state index in [9.17, 15) is 29.1 Å². The maximum atomic E-state index is 13.9. The van der Waals surface area contributed by atoms with Gasteiger partial charge in [-0.05, 0) is 36.2 Å². The maximum Gasteiger partial charge on any atom is 0.323 e. The van der Waals surface area contributed by atoms with E-state index in [1.165, 1.54) is 6.92 Å². The highest BCUT2D eigenvalue weighted by Gasteiger charge is 2.41. The van der Waals surface area contributed by atoms with Gasteiger partial charge in [-0.1, -0.05) is 91.0 Å². The zero-order valence-electron chi connectivity index (χ0n) is 24.4. The molecule has 0 saturated heterocycles. The second kappa shape index (κ2) is 13.7. The first-order valence-electron chi connectivity index (χ1n) is 14.3. The summed E-state index contributed by atoms with van der Waals surface area (Å²) in [6.07, 6.45) is -1.08. The Kier molecular flexibility index (Phi) is 9.33. The fraction of sp³-hybridized carbons (Fsp3) is 0.171. The molecule has 0 radical (unpaired) electrons. The third-order valence-corrected chi connectivity index (χ3v) is 7.32. The van der Waals surface area contributed by atoms with E-state index >= 15 is 0 Å². The number of ether oxygens (including phenoxy) is 1. The van der Waals surface area contributed by atoms with Gasteiger partial charge in [-0.3, -0.25) is 28.9 Å². The van der Waals surface area contributed by atoms with Crippen LogP contribution in [0.5, 0.6) is 5.75 Å². The average Bonchev–Trinajstić information content (AvgIpc) is 3.15. The molecular weight excluding hydrogens is 574 g/mol. The van der Waals surface area contributed by atoms with Crippen molar-refractivity contribution in [3.05, 3.63) is 131 Å². The molecule has 0 saturated carbocycles. The Balaban J connectivity index is 1.32. The summed E-state index contributed by atoms with van der Waals surface area (Å²) in [5, 5.41) is 14.9. The van der Waals surface area contributed by atoms with E-state index < -0.39 is 48.4 Å². The number of benzene rings is 4. The molecule has 3 N–H and O–H groups in total. The van der Waals surface area contributed by atoms with Gasteiger partial charge in [0, 0.05) is 11.1 Å². The molecule has 10 heteroatoms. The molecule has 4 aromatic rings. The van der Waals surface area contributed by atoms with Crippen molar-refractivity contribution in [2.75, 3.05) is 11.4 Å². The van der Waals surface area contributed by atoms with Crippen molar-refractivity contribution < 1.29 is 33.8 Å². The Morgan fingerprint density at radius 2 is 1.49 bits per heavy atom. The minimum Gasteiger partial charge on any atom is -0.481 e. The number of carbonyl (C=O) groups is 5. The van der Waals surface area contributed by atoms with Crippen molar-refractivity contribution in [3.8, 4) is 5.75 Å². The van der Waals surface area contributed by atoms with Gasteiger partial charge in [-0.15, -0.1) is 0 Å². The summed E-state index contributed by atoms with van der Waals surface area (Å²) in [6, 6.07) is 28.5. The molecule has 4 aromatic carbocycles. The normalized spacial score (nSPS) is 16.4. The molecule has 0 aromatic heterocycles. The van der Waals surface area contributed by atoms with E-state index in [0.29, 0.717) is 22.3 Å². The Labute approximate surface area is 259 Å². The second-order valence-corrected chi connectivity index (χ2v) is 10.6. The van der Waals surface area contributed by atoms with E-state index in [4.69, 9.17) is 4.74 Å². The van der Waals surface area contributed by atoms with Crippen LogP contribution in [0.15, 0.2) is 109 Å². The van der Waals surface area contributed by atoms with Crippen molar-refractivity contribution in [3.63, 3.8) is 0 Å². The van der Waals surface area contributed by atoms with Crippen LogP contribution in [0.4, 0.5) is 5.69 Å². The Bertz CT molecular complexity index is 1730. The van der Waals surface area contributed by atoms with Crippen LogP contribution >= 0.6 is 0 Å². The molecule has 5 rings (SSSR count). The molecule has 228 valence electrons. The number of nitrogens with one attached hydrogen (secondary N) is 2. The van der Waals surface area contributed by atoms with Crippen molar-refractivity contribution in [2.24, 2.45) is 0 Å². The number of hydrogen-bond acceptors (Lipinski definition) is 6. The van der Waals surface area contributed by atoms with Gasteiger partial charge in [0.25, 0.3) is 5.91 Å². The molecule has 1 aliphatic heterocycles. The predicted molar refractivity (Wildman–Crippen MR) is 166 cm³/mol. The van der Waals surface area contributed by atoms with Crippen LogP contribution in [-0.2, 0) is 25.6 Å². The molecule has 45 heavy (non-hydrogen) atoms. The van der Waals surface area contributed by atoms with Crippen molar-refractivity contribution >= 4 is 35.2 Å². The molecule has 0 spiro atoms. The first kappa shape index (κ1) is 30.7. The lowest BCUT2D eigenvalue weighted by molar-refractivity contribution is -0.137. The number of carbonyl (C=O) groups excluding carboxylic acids is 4. The lowest BCUT2D eigenvalue weighted by Gasteiger charge is -2.28. The van der Waals surface area contributed by atoms with Gasteiger partial charge in [-0.25, -0.2) is 0 Å². The zero-order chi connectivity index (χ0) is 31.9. The first-order valence-corrected chi connectivity index (χ1v) is 14.3. The largest absolute Gasteiger partial charge is 0.481 e. The number of fused-ring (bicyclic) bond motifs is 1. The summed E-state index contributed by atoms with van der Waals surface area (Å²) >= 11 is 0. The number of ketones is 1. The molecule has 0 bridgehead atoms. The Hall–Kier alpha value is -5.77. The van der Waals surface area contributed by atoms with Crippen LogP contribution in [0.25, 0.3) is 0 Å². The minimum atomic E-state index is -1.31. The summed E-state index contributed by atoms with van der Waals surface area (Å²) in [4.78, 5) is 65.9. The maximum absolute atomic E-state index is 13.9. The van der Waals surface area contributed by atoms with Gasteiger partial charge in [0.1, 0.15) is 24.4 Å². The van der Waals surface area contributed by atoms with Gasteiger partial charge >= 0.3 is 5.97 Å². The zero-order valence-corrected chi connectivity index (χ0v) is 24.4. The van der Waals surface area contributed by atoms with Crippen LogP contribution in [0.2, 0.25) is 0 Å². The lowest BCUT2D eigenvalue weighted by atomic mass is 10.00. The number of rotatable bonds is 10. The summed E-state index contributed by atoms with van der Waals surface area (Å²) < 4.78 is 6.26. The minimum absolute atomic E-state index is 0.0899. The number of hydrogen-bond donors (Lipinski definition) is 3. The summed E-state index contributed by atoms with van der Waals surface area (Å²) in [6.45, 7) is 0.830. The van der Waals surface area contributed by atoms with Crippen LogP contribution in [0, 0.1) is 0 Å². The quantitative estimate of drug-likeness (QED) is 0.234. The highest BCUT2D eigenvalue weighted by Crippen LogP contribution is 2.37. The van der Waals surface area contributed by atoms with Crippen LogP contribution in [0.1, 0.15) is 40.1 Å². The molecule has 3 atom stereocenters. The number of carboxylic acids is 1. The SMILES string of the molecule is CC(NC(=O)Cc1cccc(C(=O)c2ccccc2)c1)C(=O)N[C@@H]1C(=O)N(CC(=O)O)c2ccccc2O[C@@H]1c1ccccc1. The predicted octanol–water partition coefficient (Wildman–Crippen LogP) is 3.70. The van der Waals surface area contributed by atoms with Crippen molar-refractivity contribution in [2.45, 2.75) is 31.5 Å². The first-order chi connectivity index (χ1) is 21.7. The third kappa shape index (κ3) is 7.24. The summed E-state index contributed by atoms with van der Waals surface area (Å²) in [7, 11) is 0. The molecule has 0 aliphatic carbocycles. The third-order valence-electron chi connectivity index (χ3n) is 7.32. The van der Waals surface area contributed by atoms with Gasteiger partial charge in [0.15, 0.2) is 11.9 Å². The topological polar surface area (TPSA) is 142 Å². The van der Waals surface area contributed by atoms with E-state index in [-0.39, 0.29) is 23.6 Å². The van der Waals surface area contributed by atoms with Crippen LogP contribution < -0.4 is 20.3 Å². The van der Waals surface area contributed by atoms with Gasteiger partial charge in [-0.2, -0.15) is 0 Å². The molecule has 1 heterocycles. The van der Waals surface area contributed by atoms with E-state index in [1.807, 2.05) is 6.07 Å². The number of amides is 3. The molecule has 1 unspecified atom stereocenters. The van der Waals surface area contributed by atoms with Crippen LogP contribution in [0.3, 0.4) is 0 Å². The molecule has 3 amide bonds. The standard InChI is InChI=1S/C35H31N3O7/c1-22(36-29(39)20-23-11-10-16-26(19-23)32(42)24-12-4-2-5-13-24)34(43)37-31-33(25-14-6-3-7-15-25)45-28-18-9-8-17-27(28)38(35(31)44)21-30(40)41/h2-19,22,31,33H,20-21H2,1H3,(H,36,39)(H,37,43)(H,40,41)/t22?,31-,33+/m0/s1. The molecule has 1 aliphatic rings. The number of anilines is 1. The van der Waals surface area contributed by atoms with Crippen molar-refractivity contribution in [1.82, 2.24) is 10.6 Å². The van der Waals surface area contributed by atoms with Gasteiger partial charge < -0.3 is 20.5 Å². The van der Waals surface area contributed by atoms with E-state index in [0.717, 1.165) is 4.90 Å². The lowest BCUT2D eigenvalue weighted by Crippen LogP contribution is -2.56. The molecule has 10 nitrogen and oxygen atoms in total. The van der Waals surface area contributed by atoms with E-state index in [1.54, 1.807) is 103 Å². The van der Waals surface area contributed by atoms with Crippen LogP contribution in [-0.4, -0.2) is 53.2 Å². The fourth-order valence-corrected chi connectivity index (χ4v) is 5.14. The average molecular weight is 606 g/mol.